The van der Waals surface area contributed by atoms with Crippen LogP contribution in [0.4, 0.5) is 10.8 Å². The molecule has 0 unspecified atom stereocenters. The van der Waals surface area contributed by atoms with Gasteiger partial charge >= 0.3 is 5.97 Å². The lowest BCUT2D eigenvalue weighted by Crippen LogP contribution is -2.24. The molecular weight excluding hydrogens is 388 g/mol. The Morgan fingerprint density at radius 1 is 1.14 bits per heavy atom. The highest BCUT2D eigenvalue weighted by Gasteiger charge is 2.22. The zero-order chi connectivity index (χ0) is 21.1. The minimum absolute atomic E-state index is 0.00340. The normalized spacial score (nSPS) is 10.6. The van der Waals surface area contributed by atoms with Gasteiger partial charge in [-0.2, -0.15) is 0 Å². The van der Waals surface area contributed by atoms with Crippen LogP contribution in [-0.2, 0) is 16.1 Å². The monoisotopic (exact) mass is 410 g/mol. The summed E-state index contributed by atoms with van der Waals surface area (Å²) >= 11 is 1.32. The van der Waals surface area contributed by atoms with E-state index < -0.39 is 5.97 Å². The number of aromatic nitrogens is 1. The largest absolute Gasteiger partial charge is 0.508 e. The Morgan fingerprint density at radius 2 is 1.83 bits per heavy atom. The summed E-state index contributed by atoms with van der Waals surface area (Å²) in [5, 5.41) is 11.8. The number of phenols is 1. The second-order valence-electron chi connectivity index (χ2n) is 6.85. The van der Waals surface area contributed by atoms with Crippen LogP contribution in [0.5, 0.6) is 5.75 Å². The summed E-state index contributed by atoms with van der Waals surface area (Å²) in [6.07, 6.45) is 0. The minimum atomic E-state index is -0.552. The summed E-state index contributed by atoms with van der Waals surface area (Å²) in [5.41, 5.74) is 4.74. The number of rotatable bonds is 5. The average molecular weight is 410 g/mol. The Labute approximate surface area is 173 Å². The van der Waals surface area contributed by atoms with E-state index in [1.54, 1.807) is 22.4 Å². The number of hydrogen-bond acceptors (Lipinski definition) is 6. The zero-order valence-corrected chi connectivity index (χ0v) is 17.5. The van der Waals surface area contributed by atoms with E-state index in [4.69, 9.17) is 4.74 Å². The summed E-state index contributed by atoms with van der Waals surface area (Å²) in [6.45, 7) is 7.43. The fourth-order valence-electron chi connectivity index (χ4n) is 3.23. The molecule has 0 atom stereocenters. The zero-order valence-electron chi connectivity index (χ0n) is 16.7. The number of aryl methyl sites for hydroxylation is 3. The SMILES string of the molecule is CC(=O)N(c1nc(COC(=O)c2cccc(O)c2)cs1)c1c(C)cc(C)cc1C. The molecule has 1 aromatic heterocycles. The van der Waals surface area contributed by atoms with Crippen LogP contribution in [0.25, 0.3) is 0 Å². The standard InChI is InChI=1S/C22H22N2O4S/c1-13-8-14(2)20(15(3)9-13)24(16(4)25)22-23-18(12-29-22)11-28-21(27)17-6-5-7-19(26)10-17/h5-10,12,26H,11H2,1-4H3. The molecule has 7 heteroatoms. The maximum atomic E-state index is 12.4. The van der Waals surface area contributed by atoms with Crippen molar-refractivity contribution in [1.82, 2.24) is 4.98 Å². The Balaban J connectivity index is 1.80. The highest BCUT2D eigenvalue weighted by atomic mass is 32.1. The van der Waals surface area contributed by atoms with Crippen LogP contribution in [-0.4, -0.2) is 22.0 Å². The predicted molar refractivity (Wildman–Crippen MR) is 113 cm³/mol. The van der Waals surface area contributed by atoms with E-state index in [9.17, 15) is 14.7 Å². The maximum absolute atomic E-state index is 12.4. The Morgan fingerprint density at radius 3 is 2.45 bits per heavy atom. The first kappa shape index (κ1) is 20.5. The van der Waals surface area contributed by atoms with Gasteiger partial charge in [0.25, 0.3) is 0 Å². The van der Waals surface area contributed by atoms with Crippen molar-refractivity contribution in [3.05, 3.63) is 69.7 Å². The van der Waals surface area contributed by atoms with Crippen molar-refractivity contribution in [2.75, 3.05) is 4.90 Å². The first-order valence-electron chi connectivity index (χ1n) is 9.05. The van der Waals surface area contributed by atoms with Gasteiger partial charge in [-0.15, -0.1) is 11.3 Å². The Kier molecular flexibility index (Phi) is 5.98. The smallest absolute Gasteiger partial charge is 0.338 e. The first-order valence-corrected chi connectivity index (χ1v) is 9.93. The number of carbonyl (C=O) groups is 2. The molecule has 0 fully saturated rings. The molecule has 2 aromatic carbocycles. The molecule has 0 aliphatic heterocycles. The fraction of sp³-hybridized carbons (Fsp3) is 0.227. The molecule has 6 nitrogen and oxygen atoms in total. The molecule has 1 amide bonds. The van der Waals surface area contributed by atoms with Crippen LogP contribution in [0.1, 0.15) is 39.7 Å². The van der Waals surface area contributed by atoms with E-state index in [1.165, 1.54) is 30.4 Å². The fourth-order valence-corrected chi connectivity index (χ4v) is 4.09. The number of aromatic hydroxyl groups is 1. The number of nitrogens with zero attached hydrogens (tertiary/aromatic N) is 2. The lowest BCUT2D eigenvalue weighted by atomic mass is 10.0. The van der Waals surface area contributed by atoms with E-state index in [-0.39, 0.29) is 23.8 Å². The second kappa shape index (κ2) is 8.45. The van der Waals surface area contributed by atoms with Crippen LogP contribution in [0.2, 0.25) is 0 Å². The number of phenolic OH excluding ortho intramolecular Hbond substituents is 1. The van der Waals surface area contributed by atoms with Crippen LogP contribution in [0.3, 0.4) is 0 Å². The molecule has 0 aliphatic rings. The van der Waals surface area contributed by atoms with Gasteiger partial charge in [-0.3, -0.25) is 9.69 Å². The van der Waals surface area contributed by atoms with Crippen molar-refractivity contribution in [2.45, 2.75) is 34.3 Å². The third-order valence-electron chi connectivity index (χ3n) is 4.34. The van der Waals surface area contributed by atoms with Gasteiger partial charge in [-0.05, 0) is 50.1 Å². The van der Waals surface area contributed by atoms with Gasteiger partial charge in [0.1, 0.15) is 12.4 Å². The maximum Gasteiger partial charge on any atom is 0.338 e. The van der Waals surface area contributed by atoms with Crippen molar-refractivity contribution >= 4 is 34.0 Å². The van der Waals surface area contributed by atoms with E-state index in [2.05, 4.69) is 4.98 Å². The molecule has 0 radical (unpaired) electrons. The van der Waals surface area contributed by atoms with E-state index in [0.29, 0.717) is 10.8 Å². The van der Waals surface area contributed by atoms with Gasteiger partial charge in [-0.25, -0.2) is 9.78 Å². The van der Waals surface area contributed by atoms with E-state index in [0.717, 1.165) is 22.4 Å². The van der Waals surface area contributed by atoms with Crippen LogP contribution in [0.15, 0.2) is 41.8 Å². The molecule has 29 heavy (non-hydrogen) atoms. The number of amides is 1. The number of esters is 1. The lowest BCUT2D eigenvalue weighted by molar-refractivity contribution is -0.115. The molecule has 0 saturated carbocycles. The molecule has 3 aromatic rings. The highest BCUT2D eigenvalue weighted by Crippen LogP contribution is 2.34. The van der Waals surface area contributed by atoms with Gasteiger partial charge in [0.05, 0.1) is 16.9 Å². The summed E-state index contributed by atoms with van der Waals surface area (Å²) in [4.78, 5) is 30.6. The molecule has 1 heterocycles. The molecular formula is C22H22N2O4S. The lowest BCUT2D eigenvalue weighted by Gasteiger charge is -2.23. The molecule has 150 valence electrons. The summed E-state index contributed by atoms with van der Waals surface area (Å²) in [5.74, 6) is -0.696. The van der Waals surface area contributed by atoms with E-state index >= 15 is 0 Å². The second-order valence-corrected chi connectivity index (χ2v) is 7.69. The van der Waals surface area contributed by atoms with E-state index in [1.807, 2.05) is 32.9 Å². The van der Waals surface area contributed by atoms with Crippen molar-refractivity contribution in [2.24, 2.45) is 0 Å². The summed E-state index contributed by atoms with van der Waals surface area (Å²) in [6, 6.07) is 10.0. The minimum Gasteiger partial charge on any atom is -0.508 e. The van der Waals surface area contributed by atoms with Gasteiger partial charge < -0.3 is 9.84 Å². The highest BCUT2D eigenvalue weighted by molar-refractivity contribution is 7.14. The van der Waals surface area contributed by atoms with Crippen LogP contribution >= 0.6 is 11.3 Å². The van der Waals surface area contributed by atoms with Gasteiger partial charge in [0.15, 0.2) is 5.13 Å². The number of ether oxygens (including phenoxy) is 1. The number of anilines is 2. The van der Waals surface area contributed by atoms with Crippen molar-refractivity contribution in [3.63, 3.8) is 0 Å². The molecule has 1 N–H and O–H groups in total. The molecule has 0 saturated heterocycles. The number of carbonyl (C=O) groups excluding carboxylic acids is 2. The molecule has 0 bridgehead atoms. The summed E-state index contributed by atoms with van der Waals surface area (Å²) < 4.78 is 5.28. The molecule has 3 rings (SSSR count). The van der Waals surface area contributed by atoms with Crippen molar-refractivity contribution < 1.29 is 19.4 Å². The Bertz CT molecular complexity index is 1050. The number of thiazole rings is 1. The van der Waals surface area contributed by atoms with Crippen LogP contribution in [0, 0.1) is 20.8 Å². The third kappa shape index (κ3) is 4.63. The van der Waals surface area contributed by atoms with Gasteiger partial charge in [0, 0.05) is 12.3 Å². The van der Waals surface area contributed by atoms with Gasteiger partial charge in [0.2, 0.25) is 5.91 Å². The van der Waals surface area contributed by atoms with Crippen molar-refractivity contribution in [3.8, 4) is 5.75 Å². The average Bonchev–Trinajstić information content (AvgIpc) is 3.10. The molecule has 0 aliphatic carbocycles. The molecule has 0 spiro atoms. The number of benzene rings is 2. The predicted octanol–water partition coefficient (Wildman–Crippen LogP) is 4.82. The first-order chi connectivity index (χ1) is 13.8. The Hall–Kier alpha value is -3.19. The van der Waals surface area contributed by atoms with Crippen molar-refractivity contribution in [1.29, 1.82) is 0 Å². The third-order valence-corrected chi connectivity index (χ3v) is 5.21. The van der Waals surface area contributed by atoms with Crippen LogP contribution < -0.4 is 4.90 Å². The summed E-state index contributed by atoms with van der Waals surface area (Å²) in [7, 11) is 0. The topological polar surface area (TPSA) is 79.7 Å². The number of hydrogen-bond donors (Lipinski definition) is 1. The quantitative estimate of drug-likeness (QED) is 0.610. The van der Waals surface area contributed by atoms with Gasteiger partial charge in [-0.1, -0.05) is 23.8 Å².